The van der Waals surface area contributed by atoms with Gasteiger partial charge in [0.1, 0.15) is 8.24 Å². The summed E-state index contributed by atoms with van der Waals surface area (Å²) < 4.78 is 27.9. The van der Waals surface area contributed by atoms with Gasteiger partial charge in [0.25, 0.3) is 0 Å². The number of hydrogen-bond acceptors (Lipinski definition) is 3. The Morgan fingerprint density at radius 3 is 1.91 bits per heavy atom. The molecule has 0 heterocycles. The second-order valence-corrected chi connectivity index (χ2v) is 14.9. The van der Waals surface area contributed by atoms with E-state index in [4.69, 9.17) is 0 Å². The first-order valence-electron chi connectivity index (χ1n) is 7.57. The monoisotopic (exact) mass is 342 g/mol. The van der Waals surface area contributed by atoms with E-state index in [1.165, 1.54) is 5.56 Å². The lowest BCUT2D eigenvalue weighted by atomic mass is 10.1. The Kier molecular flexibility index (Phi) is 6.00. The van der Waals surface area contributed by atoms with Gasteiger partial charge in [-0.3, -0.25) is 0 Å². The third-order valence-electron chi connectivity index (χ3n) is 4.16. The van der Waals surface area contributed by atoms with Gasteiger partial charge < -0.3 is 4.90 Å². The predicted octanol–water partition coefficient (Wildman–Crippen LogP) is 3.17. The molecule has 0 bridgehead atoms. The van der Waals surface area contributed by atoms with Gasteiger partial charge >= 0.3 is 0 Å². The highest BCUT2D eigenvalue weighted by atomic mass is 32.2. The third-order valence-corrected chi connectivity index (χ3v) is 11.9. The maximum Gasteiger partial charge on any atom is 0.209 e. The van der Waals surface area contributed by atoms with Crippen LogP contribution in [0, 0.1) is 0 Å². The van der Waals surface area contributed by atoms with E-state index in [1.54, 1.807) is 0 Å². The summed E-state index contributed by atoms with van der Waals surface area (Å²) in [5, 5.41) is -0.0182. The van der Waals surface area contributed by atoms with Crippen molar-refractivity contribution in [1.29, 1.82) is 0 Å². The summed E-state index contributed by atoms with van der Waals surface area (Å²) in [5.41, 5.74) is 2.01. The quantitative estimate of drug-likeness (QED) is 0.808. The molecular weight excluding hydrogens is 312 g/mol. The fraction of sp³-hybridized carbons (Fsp3) is 0.625. The number of hydrogen-bond donors (Lipinski definition) is 1. The molecule has 1 N–H and O–H groups in total. The van der Waals surface area contributed by atoms with E-state index in [2.05, 4.69) is 43.2 Å². The molecule has 0 aliphatic carbocycles. The Bertz CT molecular complexity index is 588. The largest absolute Gasteiger partial charge is 0.305 e. The molecule has 6 heteroatoms. The average molecular weight is 343 g/mol. The first-order chi connectivity index (χ1) is 9.82. The van der Waals surface area contributed by atoms with Crippen molar-refractivity contribution < 1.29 is 8.42 Å². The van der Waals surface area contributed by atoms with Crippen molar-refractivity contribution in [1.82, 2.24) is 9.29 Å². The van der Waals surface area contributed by atoms with Gasteiger partial charge in [0.2, 0.25) is 10.0 Å². The molecule has 0 fully saturated rings. The zero-order valence-corrected chi connectivity index (χ0v) is 16.7. The topological polar surface area (TPSA) is 49.4 Å². The van der Waals surface area contributed by atoms with E-state index < -0.39 is 18.3 Å². The molecule has 1 rings (SSSR count). The molecule has 0 aliphatic heterocycles. The standard InChI is InChI=1S/C16H30N2O2SSi/c1-16(2,3)22(6,7)17-21(19,20)13-15-10-8-14(9-11-15)12-18(4)5/h8-11,17H,12-13H2,1-7H3. The van der Waals surface area contributed by atoms with Crippen LogP contribution in [-0.4, -0.2) is 35.6 Å². The molecule has 0 saturated carbocycles. The van der Waals surface area contributed by atoms with Crippen molar-refractivity contribution in [2.75, 3.05) is 14.1 Å². The lowest BCUT2D eigenvalue weighted by Gasteiger charge is -2.36. The molecule has 1 aromatic rings. The van der Waals surface area contributed by atoms with Crippen molar-refractivity contribution in [3.63, 3.8) is 0 Å². The highest BCUT2D eigenvalue weighted by molar-refractivity contribution is 7.90. The molecule has 0 spiro atoms. The lowest BCUT2D eigenvalue weighted by Crippen LogP contribution is -2.54. The lowest BCUT2D eigenvalue weighted by molar-refractivity contribution is 0.402. The predicted molar refractivity (Wildman–Crippen MR) is 96.8 cm³/mol. The van der Waals surface area contributed by atoms with Crippen LogP contribution in [0.5, 0.6) is 0 Å². The van der Waals surface area contributed by atoms with Crippen molar-refractivity contribution in [3.8, 4) is 0 Å². The van der Waals surface area contributed by atoms with Crippen molar-refractivity contribution in [2.45, 2.75) is 51.2 Å². The molecule has 0 atom stereocenters. The van der Waals surface area contributed by atoms with Crippen LogP contribution in [0.2, 0.25) is 18.1 Å². The fourth-order valence-electron chi connectivity index (χ4n) is 1.90. The van der Waals surface area contributed by atoms with E-state index >= 15 is 0 Å². The molecule has 0 aromatic heterocycles. The Morgan fingerprint density at radius 1 is 1.05 bits per heavy atom. The van der Waals surface area contributed by atoms with Crippen LogP contribution < -0.4 is 4.39 Å². The summed E-state index contributed by atoms with van der Waals surface area (Å²) in [6.45, 7) is 11.3. The van der Waals surface area contributed by atoms with Crippen molar-refractivity contribution >= 4 is 18.3 Å². The number of rotatable bonds is 6. The van der Waals surface area contributed by atoms with Gasteiger partial charge in [-0.25, -0.2) is 12.8 Å². The molecule has 1 aromatic carbocycles. The van der Waals surface area contributed by atoms with Crippen LogP contribution in [0.3, 0.4) is 0 Å². The van der Waals surface area contributed by atoms with Crippen molar-refractivity contribution in [3.05, 3.63) is 35.4 Å². The summed E-state index contributed by atoms with van der Waals surface area (Å²) in [7, 11) is -1.35. The van der Waals surface area contributed by atoms with Gasteiger partial charge in [-0.05, 0) is 30.3 Å². The Morgan fingerprint density at radius 2 is 1.50 bits per heavy atom. The van der Waals surface area contributed by atoms with Gasteiger partial charge in [0.05, 0.1) is 5.75 Å². The van der Waals surface area contributed by atoms with Crippen LogP contribution >= 0.6 is 0 Å². The van der Waals surface area contributed by atoms with E-state index in [0.717, 1.165) is 12.1 Å². The van der Waals surface area contributed by atoms with E-state index in [9.17, 15) is 8.42 Å². The SMILES string of the molecule is CN(C)Cc1ccc(CS(=O)(=O)N[Si](C)(C)C(C)(C)C)cc1. The smallest absolute Gasteiger partial charge is 0.209 e. The highest BCUT2D eigenvalue weighted by Gasteiger charge is 2.38. The van der Waals surface area contributed by atoms with E-state index in [1.807, 2.05) is 38.4 Å². The van der Waals surface area contributed by atoms with Crippen LogP contribution in [0.15, 0.2) is 24.3 Å². The number of nitrogens with zero attached hydrogens (tertiary/aromatic N) is 1. The minimum absolute atomic E-state index is 0.0182. The summed E-state index contributed by atoms with van der Waals surface area (Å²) in [5.74, 6) is 0.0434. The summed E-state index contributed by atoms with van der Waals surface area (Å²) in [6, 6.07) is 7.81. The Labute approximate surface area is 137 Å². The van der Waals surface area contributed by atoms with E-state index in [0.29, 0.717) is 0 Å². The second kappa shape index (κ2) is 6.82. The number of benzene rings is 1. The molecule has 4 nitrogen and oxygen atoms in total. The van der Waals surface area contributed by atoms with Crippen LogP contribution in [0.25, 0.3) is 0 Å². The fourth-order valence-corrected chi connectivity index (χ4v) is 7.16. The zero-order chi connectivity index (χ0) is 17.2. The summed E-state index contributed by atoms with van der Waals surface area (Å²) >= 11 is 0. The average Bonchev–Trinajstić information content (AvgIpc) is 2.27. The van der Waals surface area contributed by atoms with Gasteiger partial charge in [-0.2, -0.15) is 0 Å². The van der Waals surface area contributed by atoms with Crippen molar-refractivity contribution in [2.24, 2.45) is 0 Å². The maximum absolute atomic E-state index is 12.4. The number of nitrogens with one attached hydrogen (secondary N) is 1. The molecule has 126 valence electrons. The first kappa shape index (κ1) is 19.4. The maximum atomic E-state index is 12.4. The Hall–Kier alpha value is -0.693. The third kappa shape index (κ3) is 5.83. The minimum atomic E-state index is -3.31. The van der Waals surface area contributed by atoms with Gasteiger partial charge in [-0.1, -0.05) is 58.1 Å². The zero-order valence-electron chi connectivity index (χ0n) is 14.9. The number of sulfonamides is 1. The van der Waals surface area contributed by atoms with Gasteiger partial charge in [0.15, 0.2) is 0 Å². The molecular formula is C16H30N2O2SSi. The molecule has 0 amide bonds. The summed E-state index contributed by atoms with van der Waals surface area (Å²) in [4.78, 5) is 2.09. The highest BCUT2D eigenvalue weighted by Crippen LogP contribution is 2.34. The van der Waals surface area contributed by atoms with Gasteiger partial charge in [0, 0.05) is 6.54 Å². The molecule has 0 radical (unpaired) electrons. The minimum Gasteiger partial charge on any atom is -0.305 e. The van der Waals surface area contributed by atoms with Crippen LogP contribution in [0.1, 0.15) is 31.9 Å². The van der Waals surface area contributed by atoms with Gasteiger partial charge in [-0.15, -0.1) is 0 Å². The Balaban J connectivity index is 2.81. The summed E-state index contributed by atoms with van der Waals surface area (Å²) in [6.07, 6.45) is 0. The molecule has 0 unspecified atom stereocenters. The first-order valence-corrected chi connectivity index (χ1v) is 12.2. The van der Waals surface area contributed by atoms with E-state index in [-0.39, 0.29) is 10.8 Å². The van der Waals surface area contributed by atoms with Crippen LogP contribution in [-0.2, 0) is 22.3 Å². The molecule has 0 aliphatic rings. The van der Waals surface area contributed by atoms with Crippen LogP contribution in [0.4, 0.5) is 0 Å². The molecule has 0 saturated heterocycles. The second-order valence-electron chi connectivity index (χ2n) is 7.79. The molecule has 22 heavy (non-hydrogen) atoms. The normalized spacial score (nSPS) is 13.6.